The molecule has 4 heteroatoms. The Morgan fingerprint density at radius 3 is 1.78 bits per heavy atom. The van der Waals surface area contributed by atoms with Gasteiger partial charge in [0.2, 0.25) is 0 Å². The second-order valence-corrected chi connectivity index (χ2v) is 2.80. The van der Waals surface area contributed by atoms with Crippen LogP contribution in [0.15, 0.2) is 0 Å². The molecule has 0 spiro atoms. The average Bonchev–Trinajstić information content (AvgIpc) is 1.21. The molecule has 0 saturated carbocycles. The van der Waals surface area contributed by atoms with Gasteiger partial charge in [0.25, 0.3) is 0 Å². The van der Waals surface area contributed by atoms with Crippen LogP contribution in [0.5, 0.6) is 0 Å². The molecular weight excluding hydrogens is 222 g/mol. The quantitative estimate of drug-likeness (QED) is 0.597. The number of hydrogen-bond donors (Lipinski definition) is 0. The smallest absolute Gasteiger partial charge is 0.400 e. The standard InChI is InChI=1S/C5H9O2S.Tc/c1-5(2,3)7-4(6)8;/h1-3H3;. The molecule has 0 aromatic carbocycles. The Morgan fingerprint density at radius 1 is 1.44 bits per heavy atom. The van der Waals surface area contributed by atoms with Crippen LogP contribution in [0, 0.1) is 0 Å². The molecule has 2 radical (unpaired) electrons. The van der Waals surface area contributed by atoms with Crippen LogP contribution in [0.25, 0.3) is 0 Å². The molecule has 0 amide bonds. The second-order valence-electron chi connectivity index (χ2n) is 2.46. The Bertz CT molecular complexity index is 97.6. The van der Waals surface area contributed by atoms with Crippen LogP contribution >= 0.6 is 12.6 Å². The molecule has 0 aliphatic heterocycles. The van der Waals surface area contributed by atoms with Gasteiger partial charge in [-0.1, -0.05) is 0 Å². The van der Waals surface area contributed by atoms with Crippen molar-refractivity contribution in [1.29, 1.82) is 0 Å². The van der Waals surface area contributed by atoms with Gasteiger partial charge in [0.15, 0.2) is 0 Å². The van der Waals surface area contributed by atoms with Crippen LogP contribution in [0.2, 0.25) is 0 Å². The summed E-state index contributed by atoms with van der Waals surface area (Å²) in [5.74, 6) is 0. The molecule has 0 N–H and O–H groups in total. The summed E-state index contributed by atoms with van der Waals surface area (Å²) in [5.41, 5.74) is -0.432. The summed E-state index contributed by atoms with van der Waals surface area (Å²) in [4.78, 5) is 10.1. The first-order valence-electron chi connectivity index (χ1n) is 2.32. The number of carbonyl (C=O) groups is 1. The molecule has 0 unspecified atom stereocenters. The zero-order valence-electron chi connectivity index (χ0n) is 5.60. The minimum atomic E-state index is -0.641. The third-order valence-corrected chi connectivity index (χ3v) is 0.473. The van der Waals surface area contributed by atoms with Crippen LogP contribution in [-0.4, -0.2) is 10.9 Å². The van der Waals surface area contributed by atoms with E-state index in [1.807, 2.05) is 0 Å². The molecule has 0 saturated heterocycles. The Morgan fingerprint density at radius 2 is 1.78 bits per heavy atom. The summed E-state index contributed by atoms with van der Waals surface area (Å²) in [6.07, 6.45) is 0. The molecular formula is C5H9O2STc. The fourth-order valence-electron chi connectivity index (χ4n) is 0.250. The van der Waals surface area contributed by atoms with Gasteiger partial charge in [-0.15, -0.1) is 0 Å². The maximum atomic E-state index is 10.1. The number of ether oxygens (including phenoxy) is 1. The monoisotopic (exact) mass is 230 g/mol. The molecule has 0 bridgehead atoms. The van der Waals surface area contributed by atoms with E-state index < -0.39 is 10.9 Å². The van der Waals surface area contributed by atoms with Crippen molar-refractivity contribution in [2.24, 2.45) is 0 Å². The van der Waals surface area contributed by atoms with E-state index in [9.17, 15) is 4.79 Å². The number of rotatable bonds is 0. The van der Waals surface area contributed by atoms with Gasteiger partial charge in [-0.05, 0) is 20.8 Å². The zero-order valence-corrected chi connectivity index (χ0v) is 8.28. The van der Waals surface area contributed by atoms with Crippen LogP contribution < -0.4 is 0 Å². The van der Waals surface area contributed by atoms with E-state index in [1.54, 1.807) is 20.8 Å². The van der Waals surface area contributed by atoms with Gasteiger partial charge in [0, 0.05) is 32.7 Å². The molecule has 0 heterocycles. The first kappa shape index (κ1) is 12.1. The Balaban J connectivity index is 0. The van der Waals surface area contributed by atoms with E-state index in [4.69, 9.17) is 0 Å². The van der Waals surface area contributed by atoms with E-state index in [0.717, 1.165) is 0 Å². The minimum absolute atomic E-state index is 0. The minimum Gasteiger partial charge on any atom is -0.448 e. The summed E-state index contributed by atoms with van der Waals surface area (Å²) in [6.45, 7) is 5.32. The van der Waals surface area contributed by atoms with Crippen molar-refractivity contribution in [1.82, 2.24) is 0 Å². The van der Waals surface area contributed by atoms with Gasteiger partial charge in [-0.2, -0.15) is 0 Å². The first-order valence-corrected chi connectivity index (χ1v) is 2.72. The summed E-state index contributed by atoms with van der Waals surface area (Å²) < 4.78 is 4.61. The fraction of sp³-hybridized carbons (Fsp3) is 0.800. The predicted octanol–water partition coefficient (Wildman–Crippen LogP) is 2.12. The van der Waals surface area contributed by atoms with Gasteiger partial charge < -0.3 is 4.74 Å². The largest absolute Gasteiger partial charge is 0.448 e. The molecule has 54 valence electrons. The molecule has 0 rings (SSSR count). The summed E-state index contributed by atoms with van der Waals surface area (Å²) in [6, 6.07) is 0. The predicted molar refractivity (Wildman–Crippen MR) is 33.8 cm³/mol. The normalized spacial score (nSPS) is 9.67. The SMILES string of the molecule is CC(C)(C)OC(=O)[S].[Tc]. The van der Waals surface area contributed by atoms with Crippen LogP contribution in [0.1, 0.15) is 20.8 Å². The van der Waals surface area contributed by atoms with E-state index in [2.05, 4.69) is 17.4 Å². The average molecular weight is 231 g/mol. The Labute approximate surface area is 74.1 Å². The van der Waals surface area contributed by atoms with Gasteiger partial charge in [0.1, 0.15) is 5.60 Å². The fourth-order valence-corrected chi connectivity index (χ4v) is 0.500. The third-order valence-electron chi connectivity index (χ3n) is 0.390. The molecule has 9 heavy (non-hydrogen) atoms. The summed E-state index contributed by atoms with van der Waals surface area (Å²) >= 11 is 4.17. The first-order chi connectivity index (χ1) is 3.42. The molecule has 0 aromatic heterocycles. The van der Waals surface area contributed by atoms with Crippen molar-refractivity contribution in [3.63, 3.8) is 0 Å². The van der Waals surface area contributed by atoms with Crippen molar-refractivity contribution in [3.05, 3.63) is 0 Å². The van der Waals surface area contributed by atoms with E-state index in [-0.39, 0.29) is 20.1 Å². The maximum absolute atomic E-state index is 10.1. The molecule has 0 aliphatic rings. The molecule has 0 aromatic rings. The third kappa shape index (κ3) is 11.8. The molecule has 0 aliphatic carbocycles. The Hall–Kier alpha value is 0.339. The number of hydrogen-bond acceptors (Lipinski definition) is 2. The molecule has 2 nitrogen and oxygen atoms in total. The molecule has 0 fully saturated rings. The van der Waals surface area contributed by atoms with Gasteiger partial charge >= 0.3 is 5.30 Å². The topological polar surface area (TPSA) is 26.3 Å². The van der Waals surface area contributed by atoms with Crippen molar-refractivity contribution in [3.8, 4) is 0 Å². The van der Waals surface area contributed by atoms with E-state index in [0.29, 0.717) is 0 Å². The van der Waals surface area contributed by atoms with Crippen molar-refractivity contribution < 1.29 is 29.6 Å². The summed E-state index contributed by atoms with van der Waals surface area (Å²) in [5, 5.41) is -0.641. The van der Waals surface area contributed by atoms with E-state index >= 15 is 0 Å². The van der Waals surface area contributed by atoms with Crippen LogP contribution in [0.4, 0.5) is 4.79 Å². The van der Waals surface area contributed by atoms with Gasteiger partial charge in [0.05, 0.1) is 0 Å². The van der Waals surface area contributed by atoms with E-state index in [1.165, 1.54) is 0 Å². The van der Waals surface area contributed by atoms with Crippen LogP contribution in [0.3, 0.4) is 0 Å². The van der Waals surface area contributed by atoms with Gasteiger partial charge in [-0.25, -0.2) is 4.79 Å². The van der Waals surface area contributed by atoms with Crippen LogP contribution in [-0.2, 0) is 24.8 Å². The maximum Gasteiger partial charge on any atom is 0.400 e. The van der Waals surface area contributed by atoms with Crippen molar-refractivity contribution >= 4 is 17.9 Å². The zero-order chi connectivity index (χ0) is 6.78. The van der Waals surface area contributed by atoms with Gasteiger partial charge in [-0.3, -0.25) is 0 Å². The molecule has 0 atom stereocenters. The summed E-state index contributed by atoms with van der Waals surface area (Å²) in [7, 11) is 0. The van der Waals surface area contributed by atoms with Crippen molar-refractivity contribution in [2.45, 2.75) is 26.4 Å². The van der Waals surface area contributed by atoms with Crippen molar-refractivity contribution in [2.75, 3.05) is 0 Å². The second kappa shape index (κ2) is 4.20. The Kier molecular flexibility index (Phi) is 5.63. The number of carbonyl (C=O) groups excluding carboxylic acids is 1.